The van der Waals surface area contributed by atoms with E-state index in [0.717, 1.165) is 5.56 Å². The summed E-state index contributed by atoms with van der Waals surface area (Å²) in [6, 6.07) is 5.18. The van der Waals surface area contributed by atoms with E-state index < -0.39 is 0 Å². The summed E-state index contributed by atoms with van der Waals surface area (Å²) in [5.41, 5.74) is 1.66. The van der Waals surface area contributed by atoms with Crippen LogP contribution in [0.15, 0.2) is 18.2 Å². The molecule has 17 heavy (non-hydrogen) atoms. The van der Waals surface area contributed by atoms with E-state index in [1.807, 2.05) is 31.7 Å². The predicted molar refractivity (Wildman–Crippen MR) is 66.7 cm³/mol. The van der Waals surface area contributed by atoms with Gasteiger partial charge in [-0.05, 0) is 31.5 Å². The lowest BCUT2D eigenvalue weighted by Gasteiger charge is -2.38. The quantitative estimate of drug-likeness (QED) is 0.746. The Hall–Kier alpha value is -1.38. The van der Waals surface area contributed by atoms with Crippen molar-refractivity contribution >= 4 is 11.5 Å². The van der Waals surface area contributed by atoms with Gasteiger partial charge in [0.15, 0.2) is 0 Å². The number of nitrogens with zero attached hydrogens (tertiary/aromatic N) is 1. The van der Waals surface area contributed by atoms with Gasteiger partial charge in [-0.15, -0.1) is 0 Å². The number of ketones is 1. The minimum Gasteiger partial charge on any atom is -0.365 e. The molecule has 1 aliphatic heterocycles. The lowest BCUT2D eigenvalue weighted by atomic mass is 9.90. The first kappa shape index (κ1) is 12.1. The molecule has 3 heteroatoms. The Bertz CT molecular complexity index is 444. The Morgan fingerprint density at radius 1 is 1.35 bits per heavy atom. The van der Waals surface area contributed by atoms with Gasteiger partial charge in [-0.3, -0.25) is 4.79 Å². The van der Waals surface area contributed by atoms with Gasteiger partial charge >= 0.3 is 0 Å². The van der Waals surface area contributed by atoms with Crippen molar-refractivity contribution in [3.05, 3.63) is 29.6 Å². The number of halogens is 1. The summed E-state index contributed by atoms with van der Waals surface area (Å²) in [5, 5.41) is 0. The monoisotopic (exact) mass is 235 g/mol. The first-order chi connectivity index (χ1) is 8.00. The van der Waals surface area contributed by atoms with Crippen LogP contribution in [0.25, 0.3) is 0 Å². The maximum Gasteiger partial charge on any atom is 0.146 e. The third-order valence-corrected chi connectivity index (χ3v) is 3.73. The largest absolute Gasteiger partial charge is 0.365 e. The maximum absolute atomic E-state index is 13.8. The number of piperidine rings is 1. The number of aryl methyl sites for hydroxylation is 1. The summed E-state index contributed by atoms with van der Waals surface area (Å²) in [5.74, 6) is 0.0504. The molecular formula is C14H18FNO. The Kier molecular flexibility index (Phi) is 3.18. The highest BCUT2D eigenvalue weighted by atomic mass is 19.1. The van der Waals surface area contributed by atoms with Crippen LogP contribution >= 0.6 is 0 Å². The predicted octanol–water partition coefficient (Wildman–Crippen LogP) is 2.94. The lowest BCUT2D eigenvalue weighted by Crippen LogP contribution is -2.47. The lowest BCUT2D eigenvalue weighted by molar-refractivity contribution is -0.123. The number of benzene rings is 1. The first-order valence-corrected chi connectivity index (χ1v) is 6.06. The van der Waals surface area contributed by atoms with E-state index in [2.05, 4.69) is 0 Å². The van der Waals surface area contributed by atoms with E-state index in [9.17, 15) is 9.18 Å². The summed E-state index contributed by atoms with van der Waals surface area (Å²) < 4.78 is 13.8. The minimum atomic E-state index is -0.205. The van der Waals surface area contributed by atoms with Crippen LogP contribution in [-0.2, 0) is 4.79 Å². The fourth-order valence-corrected chi connectivity index (χ4v) is 2.38. The van der Waals surface area contributed by atoms with Crippen LogP contribution in [0.3, 0.4) is 0 Å². The van der Waals surface area contributed by atoms with E-state index in [0.29, 0.717) is 18.7 Å². The average Bonchev–Trinajstić information content (AvgIpc) is 2.30. The second-order valence-corrected chi connectivity index (χ2v) is 4.89. The molecule has 0 amide bonds. The molecule has 1 fully saturated rings. The van der Waals surface area contributed by atoms with Crippen LogP contribution in [0.2, 0.25) is 0 Å². The van der Waals surface area contributed by atoms with Crippen molar-refractivity contribution in [1.82, 2.24) is 0 Å². The standard InChI is InChI=1S/C14H18FNO/c1-9-4-5-12(15)13(8-9)16-7-6-14(17)10(2)11(16)3/h4-5,8,10-11H,6-7H2,1-3H3. The molecule has 1 aliphatic rings. The summed E-state index contributed by atoms with van der Waals surface area (Å²) in [6.07, 6.45) is 0.513. The van der Waals surface area contributed by atoms with Gasteiger partial charge in [0.1, 0.15) is 11.6 Å². The first-order valence-electron chi connectivity index (χ1n) is 6.06. The van der Waals surface area contributed by atoms with Crippen molar-refractivity contribution in [2.45, 2.75) is 33.2 Å². The smallest absolute Gasteiger partial charge is 0.146 e. The van der Waals surface area contributed by atoms with Gasteiger partial charge in [-0.1, -0.05) is 13.0 Å². The molecule has 0 N–H and O–H groups in total. The van der Waals surface area contributed by atoms with Crippen molar-refractivity contribution in [3.63, 3.8) is 0 Å². The summed E-state index contributed by atoms with van der Waals surface area (Å²) >= 11 is 0. The van der Waals surface area contributed by atoms with Crippen LogP contribution in [-0.4, -0.2) is 18.4 Å². The molecule has 1 aromatic rings. The molecular weight excluding hydrogens is 217 g/mol. The van der Waals surface area contributed by atoms with E-state index in [1.165, 1.54) is 6.07 Å². The van der Waals surface area contributed by atoms with E-state index in [1.54, 1.807) is 6.07 Å². The summed E-state index contributed by atoms with van der Waals surface area (Å²) in [4.78, 5) is 13.6. The average molecular weight is 235 g/mol. The van der Waals surface area contributed by atoms with Crippen LogP contribution in [0, 0.1) is 18.7 Å². The van der Waals surface area contributed by atoms with E-state index >= 15 is 0 Å². The Morgan fingerprint density at radius 3 is 2.76 bits per heavy atom. The van der Waals surface area contributed by atoms with Gasteiger partial charge in [0.2, 0.25) is 0 Å². The van der Waals surface area contributed by atoms with Gasteiger partial charge in [0.25, 0.3) is 0 Å². The van der Waals surface area contributed by atoms with Crippen LogP contribution in [0.5, 0.6) is 0 Å². The number of carbonyl (C=O) groups is 1. The van der Waals surface area contributed by atoms with Crippen LogP contribution in [0.1, 0.15) is 25.8 Å². The maximum atomic E-state index is 13.8. The molecule has 2 rings (SSSR count). The number of rotatable bonds is 1. The zero-order valence-corrected chi connectivity index (χ0v) is 10.5. The number of hydrogen-bond acceptors (Lipinski definition) is 2. The van der Waals surface area contributed by atoms with E-state index in [4.69, 9.17) is 0 Å². The Balaban J connectivity index is 2.33. The highest BCUT2D eigenvalue weighted by Gasteiger charge is 2.31. The van der Waals surface area contributed by atoms with Gasteiger partial charge in [0, 0.05) is 24.9 Å². The fraction of sp³-hybridized carbons (Fsp3) is 0.500. The third-order valence-electron chi connectivity index (χ3n) is 3.73. The van der Waals surface area contributed by atoms with Crippen molar-refractivity contribution in [3.8, 4) is 0 Å². The zero-order chi connectivity index (χ0) is 12.6. The van der Waals surface area contributed by atoms with Crippen molar-refractivity contribution in [2.24, 2.45) is 5.92 Å². The van der Waals surface area contributed by atoms with E-state index in [-0.39, 0.29) is 23.6 Å². The van der Waals surface area contributed by atoms with Gasteiger partial charge in [-0.25, -0.2) is 4.39 Å². The molecule has 2 atom stereocenters. The van der Waals surface area contributed by atoms with Crippen molar-refractivity contribution in [2.75, 3.05) is 11.4 Å². The molecule has 1 saturated heterocycles. The molecule has 92 valence electrons. The SMILES string of the molecule is Cc1ccc(F)c(N2CCC(=O)C(C)C2C)c1. The number of Topliss-reactive ketones (excluding diaryl/α,β-unsaturated/α-hetero) is 1. The third kappa shape index (κ3) is 2.19. The Morgan fingerprint density at radius 2 is 2.06 bits per heavy atom. The fourth-order valence-electron chi connectivity index (χ4n) is 2.38. The molecule has 0 spiro atoms. The van der Waals surface area contributed by atoms with Crippen LogP contribution in [0.4, 0.5) is 10.1 Å². The summed E-state index contributed by atoms with van der Waals surface area (Å²) in [6.45, 7) is 6.48. The molecule has 2 nitrogen and oxygen atoms in total. The molecule has 0 bridgehead atoms. The van der Waals surface area contributed by atoms with Gasteiger partial charge in [0.05, 0.1) is 5.69 Å². The van der Waals surface area contributed by atoms with Gasteiger partial charge in [-0.2, -0.15) is 0 Å². The normalized spacial score (nSPS) is 25.2. The minimum absolute atomic E-state index is 0.0244. The molecule has 0 aromatic heterocycles. The highest BCUT2D eigenvalue weighted by molar-refractivity contribution is 5.84. The molecule has 0 saturated carbocycles. The van der Waals surface area contributed by atoms with Crippen molar-refractivity contribution < 1.29 is 9.18 Å². The number of carbonyl (C=O) groups excluding carboxylic acids is 1. The molecule has 2 unspecified atom stereocenters. The van der Waals surface area contributed by atoms with Gasteiger partial charge < -0.3 is 4.90 Å². The second-order valence-electron chi connectivity index (χ2n) is 4.89. The van der Waals surface area contributed by atoms with Crippen molar-refractivity contribution in [1.29, 1.82) is 0 Å². The molecule has 0 radical (unpaired) electrons. The van der Waals surface area contributed by atoms with Crippen LogP contribution < -0.4 is 4.90 Å². The molecule has 1 heterocycles. The highest BCUT2D eigenvalue weighted by Crippen LogP contribution is 2.29. The Labute approximate surface area is 101 Å². The molecule has 0 aliphatic carbocycles. The molecule has 1 aromatic carbocycles. The number of hydrogen-bond donors (Lipinski definition) is 0. The summed E-state index contributed by atoms with van der Waals surface area (Å²) in [7, 11) is 0. The number of anilines is 1. The topological polar surface area (TPSA) is 20.3 Å². The second kappa shape index (κ2) is 4.47. The zero-order valence-electron chi connectivity index (χ0n) is 10.5.